The van der Waals surface area contributed by atoms with E-state index in [0.717, 1.165) is 22.7 Å². The summed E-state index contributed by atoms with van der Waals surface area (Å²) in [5.41, 5.74) is 14.7. The van der Waals surface area contributed by atoms with Crippen LogP contribution in [0, 0.1) is 41.5 Å². The van der Waals surface area contributed by atoms with Gasteiger partial charge in [0.2, 0.25) is 0 Å². The number of hydrogen-bond acceptors (Lipinski definition) is 2. The number of anilines is 4. The zero-order valence-electron chi connectivity index (χ0n) is 19.9. The van der Waals surface area contributed by atoms with E-state index in [-0.39, 0.29) is 0 Å². The molecule has 4 rings (SSSR count). The number of rotatable bonds is 5. The third-order valence-corrected chi connectivity index (χ3v) is 6.35. The smallest absolute Gasteiger partial charge is 0.0417 e. The molecule has 0 unspecified atom stereocenters. The molecule has 0 amide bonds. The monoisotopic (exact) mass is 420 g/mol. The molecule has 32 heavy (non-hydrogen) atoms. The van der Waals surface area contributed by atoms with Crippen LogP contribution in [0.1, 0.15) is 33.4 Å². The van der Waals surface area contributed by atoms with Gasteiger partial charge in [-0.05, 0) is 135 Å². The number of aryl methyl sites for hydroxylation is 6. The van der Waals surface area contributed by atoms with Gasteiger partial charge in [0, 0.05) is 22.7 Å². The van der Waals surface area contributed by atoms with E-state index in [1.54, 1.807) is 0 Å². The Bertz CT molecular complexity index is 1270. The molecule has 0 atom stereocenters. The van der Waals surface area contributed by atoms with Gasteiger partial charge in [-0.2, -0.15) is 0 Å². The SMILES string of the molecule is Cc1ccc(Nc2ccc(-c3cc(C)c(Nc4ccc(C)c(C)c4)cc3C)cc2)cc1C. The molecule has 2 nitrogen and oxygen atoms in total. The molecule has 2 heteroatoms. The highest BCUT2D eigenvalue weighted by atomic mass is 14.9. The van der Waals surface area contributed by atoms with Gasteiger partial charge in [-0.15, -0.1) is 0 Å². The Hall–Kier alpha value is -3.52. The van der Waals surface area contributed by atoms with Gasteiger partial charge in [0.25, 0.3) is 0 Å². The summed E-state index contributed by atoms with van der Waals surface area (Å²) in [6.07, 6.45) is 0. The van der Waals surface area contributed by atoms with E-state index in [2.05, 4.69) is 125 Å². The minimum atomic E-state index is 1.10. The average molecular weight is 421 g/mol. The lowest BCUT2D eigenvalue weighted by Crippen LogP contribution is -1.97. The Morgan fingerprint density at radius 3 is 1.50 bits per heavy atom. The minimum Gasteiger partial charge on any atom is -0.356 e. The van der Waals surface area contributed by atoms with Crippen molar-refractivity contribution in [1.29, 1.82) is 0 Å². The summed E-state index contributed by atoms with van der Waals surface area (Å²) in [7, 11) is 0. The van der Waals surface area contributed by atoms with Crippen molar-refractivity contribution < 1.29 is 0 Å². The molecule has 0 aliphatic heterocycles. The Kier molecular flexibility index (Phi) is 6.05. The first kappa shape index (κ1) is 21.7. The van der Waals surface area contributed by atoms with Gasteiger partial charge in [0.15, 0.2) is 0 Å². The minimum absolute atomic E-state index is 1.10. The zero-order chi connectivity index (χ0) is 22.8. The molecule has 0 saturated heterocycles. The Labute approximate surface area is 192 Å². The molecule has 4 aromatic rings. The molecule has 0 radical (unpaired) electrons. The zero-order valence-corrected chi connectivity index (χ0v) is 19.9. The van der Waals surface area contributed by atoms with Crippen molar-refractivity contribution in [3.63, 3.8) is 0 Å². The van der Waals surface area contributed by atoms with E-state index in [9.17, 15) is 0 Å². The second-order valence-electron chi connectivity index (χ2n) is 8.91. The maximum absolute atomic E-state index is 3.59. The van der Waals surface area contributed by atoms with Crippen molar-refractivity contribution in [2.24, 2.45) is 0 Å². The second-order valence-corrected chi connectivity index (χ2v) is 8.91. The van der Waals surface area contributed by atoms with Crippen molar-refractivity contribution >= 4 is 22.7 Å². The molecule has 0 heterocycles. The van der Waals surface area contributed by atoms with Gasteiger partial charge in [-0.25, -0.2) is 0 Å². The second kappa shape index (κ2) is 8.92. The summed E-state index contributed by atoms with van der Waals surface area (Å²) < 4.78 is 0. The predicted octanol–water partition coefficient (Wildman–Crippen LogP) is 8.69. The fourth-order valence-electron chi connectivity index (χ4n) is 3.96. The van der Waals surface area contributed by atoms with Crippen molar-refractivity contribution in [1.82, 2.24) is 0 Å². The van der Waals surface area contributed by atoms with Crippen LogP contribution in [0.2, 0.25) is 0 Å². The normalized spacial score (nSPS) is 10.8. The summed E-state index contributed by atoms with van der Waals surface area (Å²) in [4.78, 5) is 0. The van der Waals surface area contributed by atoms with E-state index >= 15 is 0 Å². The summed E-state index contributed by atoms with van der Waals surface area (Å²) in [6.45, 7) is 12.9. The van der Waals surface area contributed by atoms with E-state index in [0.29, 0.717) is 0 Å². The summed E-state index contributed by atoms with van der Waals surface area (Å²) in [5.74, 6) is 0. The van der Waals surface area contributed by atoms with Gasteiger partial charge < -0.3 is 10.6 Å². The molecule has 4 aromatic carbocycles. The van der Waals surface area contributed by atoms with Crippen LogP contribution in [-0.2, 0) is 0 Å². The molecule has 0 aromatic heterocycles. The Morgan fingerprint density at radius 1 is 0.406 bits per heavy atom. The lowest BCUT2D eigenvalue weighted by Gasteiger charge is -2.16. The maximum Gasteiger partial charge on any atom is 0.0417 e. The standard InChI is InChI=1S/C30H32N2/c1-19-7-11-27(15-21(19)3)31-26-13-9-25(10-14-26)29-17-24(6)30(18-23(29)5)32-28-12-8-20(2)22(4)16-28/h7-18,31-32H,1-6H3. The molecular formula is C30H32N2. The fourth-order valence-corrected chi connectivity index (χ4v) is 3.96. The van der Waals surface area contributed by atoms with Crippen molar-refractivity contribution in [3.05, 3.63) is 106 Å². The molecule has 0 aliphatic carbocycles. The molecule has 2 N–H and O–H groups in total. The lowest BCUT2D eigenvalue weighted by atomic mass is 9.97. The van der Waals surface area contributed by atoms with Gasteiger partial charge in [-0.1, -0.05) is 24.3 Å². The van der Waals surface area contributed by atoms with Gasteiger partial charge in [-0.3, -0.25) is 0 Å². The van der Waals surface area contributed by atoms with Crippen LogP contribution in [0.4, 0.5) is 22.7 Å². The van der Waals surface area contributed by atoms with E-state index in [1.165, 1.54) is 44.5 Å². The molecule has 0 spiro atoms. The predicted molar refractivity (Wildman–Crippen MR) is 140 cm³/mol. The highest BCUT2D eigenvalue weighted by Gasteiger charge is 2.08. The van der Waals surface area contributed by atoms with Crippen LogP contribution in [0.15, 0.2) is 72.8 Å². The van der Waals surface area contributed by atoms with Gasteiger partial charge in [0.05, 0.1) is 0 Å². The molecule has 0 bridgehead atoms. The van der Waals surface area contributed by atoms with Crippen molar-refractivity contribution in [3.8, 4) is 11.1 Å². The first-order valence-electron chi connectivity index (χ1n) is 11.2. The average Bonchev–Trinajstić information content (AvgIpc) is 2.76. The van der Waals surface area contributed by atoms with Crippen LogP contribution in [0.25, 0.3) is 11.1 Å². The molecule has 0 fully saturated rings. The number of benzene rings is 4. The molecular weight excluding hydrogens is 388 g/mol. The largest absolute Gasteiger partial charge is 0.356 e. The Balaban J connectivity index is 1.54. The van der Waals surface area contributed by atoms with Crippen molar-refractivity contribution in [2.45, 2.75) is 41.5 Å². The van der Waals surface area contributed by atoms with E-state index in [1.807, 2.05) is 0 Å². The van der Waals surface area contributed by atoms with Crippen LogP contribution >= 0.6 is 0 Å². The maximum atomic E-state index is 3.59. The van der Waals surface area contributed by atoms with Crippen LogP contribution in [0.3, 0.4) is 0 Å². The van der Waals surface area contributed by atoms with Crippen LogP contribution < -0.4 is 10.6 Å². The van der Waals surface area contributed by atoms with Gasteiger partial charge in [0.1, 0.15) is 0 Å². The topological polar surface area (TPSA) is 24.1 Å². The fraction of sp³-hybridized carbons (Fsp3) is 0.200. The summed E-state index contributed by atoms with van der Waals surface area (Å²) >= 11 is 0. The van der Waals surface area contributed by atoms with Crippen LogP contribution in [-0.4, -0.2) is 0 Å². The lowest BCUT2D eigenvalue weighted by molar-refractivity contribution is 1.32. The summed E-state index contributed by atoms with van der Waals surface area (Å²) in [6, 6.07) is 26.2. The third-order valence-electron chi connectivity index (χ3n) is 6.35. The molecule has 162 valence electrons. The summed E-state index contributed by atoms with van der Waals surface area (Å²) in [5, 5.41) is 7.11. The Morgan fingerprint density at radius 2 is 0.938 bits per heavy atom. The van der Waals surface area contributed by atoms with Crippen molar-refractivity contribution in [2.75, 3.05) is 10.6 Å². The first-order valence-corrected chi connectivity index (χ1v) is 11.2. The quantitative estimate of drug-likeness (QED) is 0.337. The number of nitrogens with one attached hydrogen (secondary N) is 2. The first-order chi connectivity index (χ1) is 15.3. The molecule has 0 aliphatic rings. The van der Waals surface area contributed by atoms with Crippen LogP contribution in [0.5, 0.6) is 0 Å². The molecule has 0 saturated carbocycles. The number of hydrogen-bond donors (Lipinski definition) is 2. The van der Waals surface area contributed by atoms with E-state index in [4.69, 9.17) is 0 Å². The van der Waals surface area contributed by atoms with E-state index < -0.39 is 0 Å². The highest BCUT2D eigenvalue weighted by molar-refractivity contribution is 5.76. The van der Waals surface area contributed by atoms with Gasteiger partial charge >= 0.3 is 0 Å². The highest BCUT2D eigenvalue weighted by Crippen LogP contribution is 2.32. The third kappa shape index (κ3) is 4.70.